The zero-order valence-electron chi connectivity index (χ0n) is 14.2. The van der Waals surface area contributed by atoms with Gasteiger partial charge in [-0.15, -0.1) is 10.2 Å². The summed E-state index contributed by atoms with van der Waals surface area (Å²) < 4.78 is 0.652. The molecule has 138 valence electrons. The van der Waals surface area contributed by atoms with E-state index in [0.29, 0.717) is 15.2 Å². The summed E-state index contributed by atoms with van der Waals surface area (Å²) in [5.74, 6) is -0.147. The average molecular weight is 401 g/mol. The Bertz CT molecular complexity index is 959. The molecular formula is C17H15N5O3S2. The molecule has 0 saturated carbocycles. The fourth-order valence-corrected chi connectivity index (χ4v) is 3.67. The van der Waals surface area contributed by atoms with Gasteiger partial charge in [-0.1, -0.05) is 46.9 Å². The number of nitro groups is 1. The molecule has 8 nitrogen and oxygen atoms in total. The molecule has 0 saturated heterocycles. The topological polar surface area (TPSA) is 110 Å². The molecule has 3 aromatic rings. The molecule has 3 rings (SSSR count). The fraction of sp³-hybridized carbons (Fsp3) is 0.118. The Labute approximate surface area is 163 Å². The summed E-state index contributed by atoms with van der Waals surface area (Å²) in [5, 5.41) is 25.3. The third-order valence-corrected chi connectivity index (χ3v) is 5.35. The number of carbonyl (C=O) groups is 1. The van der Waals surface area contributed by atoms with Crippen molar-refractivity contribution in [3.8, 4) is 0 Å². The first-order chi connectivity index (χ1) is 13.0. The highest BCUT2D eigenvalue weighted by atomic mass is 32.2. The van der Waals surface area contributed by atoms with Crippen LogP contribution in [-0.2, 0) is 4.79 Å². The Morgan fingerprint density at radius 2 is 1.96 bits per heavy atom. The molecule has 0 fully saturated rings. The van der Waals surface area contributed by atoms with Crippen molar-refractivity contribution in [1.82, 2.24) is 10.2 Å². The van der Waals surface area contributed by atoms with Crippen molar-refractivity contribution < 1.29 is 9.72 Å². The van der Waals surface area contributed by atoms with Gasteiger partial charge in [0, 0.05) is 23.5 Å². The Morgan fingerprint density at radius 1 is 1.19 bits per heavy atom. The molecule has 1 aromatic heterocycles. The van der Waals surface area contributed by atoms with Gasteiger partial charge >= 0.3 is 0 Å². The second kappa shape index (κ2) is 8.60. The standard InChI is InChI=1S/C17H15N5O3S2/c1-11-5-7-12(8-6-11)19-16-20-21-17(27-16)26-10-15(23)18-13-3-2-4-14(9-13)22(24)25/h2-9H,10H2,1H3,(H,18,23)(H,19,20). The lowest BCUT2D eigenvalue weighted by Crippen LogP contribution is -2.14. The van der Waals surface area contributed by atoms with Gasteiger partial charge in [-0.3, -0.25) is 14.9 Å². The van der Waals surface area contributed by atoms with Crippen LogP contribution in [0.5, 0.6) is 0 Å². The highest BCUT2D eigenvalue weighted by Gasteiger charge is 2.11. The van der Waals surface area contributed by atoms with E-state index in [1.165, 1.54) is 46.9 Å². The van der Waals surface area contributed by atoms with E-state index >= 15 is 0 Å². The number of nitrogens with one attached hydrogen (secondary N) is 2. The Morgan fingerprint density at radius 3 is 2.70 bits per heavy atom. The fourth-order valence-electron chi connectivity index (χ4n) is 2.10. The van der Waals surface area contributed by atoms with E-state index < -0.39 is 4.92 Å². The van der Waals surface area contributed by atoms with Crippen LogP contribution < -0.4 is 10.6 Å². The van der Waals surface area contributed by atoms with E-state index in [4.69, 9.17) is 0 Å². The van der Waals surface area contributed by atoms with Crippen molar-refractivity contribution in [1.29, 1.82) is 0 Å². The number of nitro benzene ring substituents is 1. The van der Waals surface area contributed by atoms with Crippen LogP contribution in [0, 0.1) is 17.0 Å². The Balaban J connectivity index is 1.52. The smallest absolute Gasteiger partial charge is 0.271 e. The third-order valence-electron chi connectivity index (χ3n) is 3.38. The van der Waals surface area contributed by atoms with Crippen molar-refractivity contribution >= 4 is 51.2 Å². The number of benzene rings is 2. The largest absolute Gasteiger partial charge is 0.330 e. The SMILES string of the molecule is Cc1ccc(Nc2nnc(SCC(=O)Nc3cccc([N+](=O)[O-])c3)s2)cc1. The molecule has 0 spiro atoms. The van der Waals surface area contributed by atoms with Crippen LogP contribution in [0.2, 0.25) is 0 Å². The van der Waals surface area contributed by atoms with E-state index in [2.05, 4.69) is 20.8 Å². The van der Waals surface area contributed by atoms with E-state index in [1.807, 2.05) is 31.2 Å². The van der Waals surface area contributed by atoms with E-state index in [1.54, 1.807) is 6.07 Å². The van der Waals surface area contributed by atoms with Crippen LogP contribution >= 0.6 is 23.1 Å². The quantitative estimate of drug-likeness (QED) is 0.346. The minimum absolute atomic E-state index is 0.0728. The van der Waals surface area contributed by atoms with Crippen LogP contribution in [0.4, 0.5) is 22.2 Å². The Kier molecular flexibility index (Phi) is 5.99. The Hall–Kier alpha value is -2.98. The lowest BCUT2D eigenvalue weighted by Gasteiger charge is -2.03. The van der Waals surface area contributed by atoms with Gasteiger partial charge in [0.2, 0.25) is 11.0 Å². The maximum absolute atomic E-state index is 12.0. The van der Waals surface area contributed by atoms with Crippen molar-refractivity contribution in [2.45, 2.75) is 11.3 Å². The van der Waals surface area contributed by atoms with Gasteiger partial charge in [0.15, 0.2) is 4.34 Å². The van der Waals surface area contributed by atoms with Crippen LogP contribution in [-0.4, -0.2) is 26.8 Å². The van der Waals surface area contributed by atoms with Gasteiger partial charge in [0.1, 0.15) is 0 Å². The maximum Gasteiger partial charge on any atom is 0.271 e. The predicted molar refractivity (Wildman–Crippen MR) is 107 cm³/mol. The number of rotatable bonds is 7. The van der Waals surface area contributed by atoms with Crippen LogP contribution in [0.15, 0.2) is 52.9 Å². The number of carbonyl (C=O) groups excluding carboxylic acids is 1. The first-order valence-electron chi connectivity index (χ1n) is 7.84. The monoisotopic (exact) mass is 401 g/mol. The highest BCUT2D eigenvalue weighted by Crippen LogP contribution is 2.28. The molecule has 0 aliphatic carbocycles. The molecule has 0 aliphatic rings. The summed E-state index contributed by atoms with van der Waals surface area (Å²) in [4.78, 5) is 22.3. The van der Waals surface area contributed by atoms with Gasteiger partial charge < -0.3 is 10.6 Å². The number of hydrogen-bond donors (Lipinski definition) is 2. The molecule has 27 heavy (non-hydrogen) atoms. The minimum atomic E-state index is -0.506. The highest BCUT2D eigenvalue weighted by molar-refractivity contribution is 8.01. The number of thioether (sulfide) groups is 1. The maximum atomic E-state index is 12.0. The number of hydrogen-bond acceptors (Lipinski definition) is 8. The lowest BCUT2D eigenvalue weighted by atomic mass is 10.2. The lowest BCUT2D eigenvalue weighted by molar-refractivity contribution is -0.384. The molecule has 0 unspecified atom stereocenters. The molecule has 10 heteroatoms. The van der Waals surface area contributed by atoms with Crippen LogP contribution in [0.25, 0.3) is 0 Å². The minimum Gasteiger partial charge on any atom is -0.330 e. The second-order valence-electron chi connectivity index (χ2n) is 5.51. The summed E-state index contributed by atoms with van der Waals surface area (Å²) in [5.41, 5.74) is 2.39. The molecule has 1 amide bonds. The first kappa shape index (κ1) is 18.8. The summed E-state index contributed by atoms with van der Waals surface area (Å²) >= 11 is 2.60. The summed E-state index contributed by atoms with van der Waals surface area (Å²) in [6.07, 6.45) is 0. The van der Waals surface area contributed by atoms with E-state index in [0.717, 1.165) is 5.69 Å². The molecular weight excluding hydrogens is 386 g/mol. The predicted octanol–water partition coefficient (Wildman–Crippen LogP) is 4.23. The number of anilines is 3. The van der Waals surface area contributed by atoms with Gasteiger partial charge in [0.05, 0.1) is 10.7 Å². The van der Waals surface area contributed by atoms with Gasteiger partial charge in [-0.2, -0.15) is 0 Å². The number of aryl methyl sites for hydroxylation is 1. The zero-order chi connectivity index (χ0) is 19.2. The zero-order valence-corrected chi connectivity index (χ0v) is 15.8. The number of non-ortho nitro benzene ring substituents is 1. The molecule has 0 bridgehead atoms. The molecule has 0 atom stereocenters. The number of amides is 1. The van der Waals surface area contributed by atoms with Gasteiger partial charge in [-0.25, -0.2) is 0 Å². The summed E-state index contributed by atoms with van der Waals surface area (Å²) in [6, 6.07) is 13.7. The molecule has 1 heterocycles. The van der Waals surface area contributed by atoms with Crippen molar-refractivity contribution in [2.24, 2.45) is 0 Å². The molecule has 0 aliphatic heterocycles. The van der Waals surface area contributed by atoms with Crippen LogP contribution in [0.1, 0.15) is 5.56 Å². The van der Waals surface area contributed by atoms with E-state index in [-0.39, 0.29) is 17.3 Å². The second-order valence-corrected chi connectivity index (χ2v) is 7.71. The van der Waals surface area contributed by atoms with Crippen molar-refractivity contribution in [2.75, 3.05) is 16.4 Å². The van der Waals surface area contributed by atoms with Crippen LogP contribution in [0.3, 0.4) is 0 Å². The average Bonchev–Trinajstić information content (AvgIpc) is 3.09. The summed E-state index contributed by atoms with van der Waals surface area (Å²) in [7, 11) is 0. The molecule has 0 radical (unpaired) electrons. The molecule has 2 aromatic carbocycles. The number of nitrogens with zero attached hydrogens (tertiary/aromatic N) is 3. The number of aromatic nitrogens is 2. The van der Waals surface area contributed by atoms with Gasteiger partial charge in [0.25, 0.3) is 5.69 Å². The summed E-state index contributed by atoms with van der Waals surface area (Å²) in [6.45, 7) is 2.02. The normalized spacial score (nSPS) is 10.4. The van der Waals surface area contributed by atoms with Gasteiger partial charge in [-0.05, 0) is 25.1 Å². The van der Waals surface area contributed by atoms with Crippen molar-refractivity contribution in [3.63, 3.8) is 0 Å². The molecule has 2 N–H and O–H groups in total. The first-order valence-corrected chi connectivity index (χ1v) is 9.64. The van der Waals surface area contributed by atoms with Crippen molar-refractivity contribution in [3.05, 3.63) is 64.2 Å². The van der Waals surface area contributed by atoms with E-state index in [9.17, 15) is 14.9 Å². The third kappa shape index (κ3) is 5.50.